The highest BCUT2D eigenvalue weighted by molar-refractivity contribution is 5.35. The Morgan fingerprint density at radius 2 is 2.12 bits per heavy atom. The van der Waals surface area contributed by atoms with Gasteiger partial charge in [0.05, 0.1) is 17.2 Å². The summed E-state index contributed by atoms with van der Waals surface area (Å²) in [7, 11) is 1.92. The molecule has 0 aromatic carbocycles. The average Bonchev–Trinajstić information content (AvgIpc) is 2.55. The molecule has 0 spiro atoms. The van der Waals surface area contributed by atoms with E-state index in [4.69, 9.17) is 4.74 Å². The van der Waals surface area contributed by atoms with Gasteiger partial charge in [0.15, 0.2) is 0 Å². The molecular formula is C12H21N3O. The van der Waals surface area contributed by atoms with Gasteiger partial charge in [0.1, 0.15) is 5.82 Å². The maximum atomic E-state index is 6.03. The van der Waals surface area contributed by atoms with Crippen molar-refractivity contribution in [1.82, 2.24) is 9.78 Å². The van der Waals surface area contributed by atoms with Gasteiger partial charge in [-0.15, -0.1) is 0 Å². The molecule has 1 fully saturated rings. The smallest absolute Gasteiger partial charge is 0.148 e. The predicted octanol–water partition coefficient (Wildman–Crippen LogP) is 2.18. The van der Waals surface area contributed by atoms with E-state index in [-0.39, 0.29) is 11.2 Å². The summed E-state index contributed by atoms with van der Waals surface area (Å²) < 4.78 is 7.83. The van der Waals surface area contributed by atoms with Gasteiger partial charge in [-0.1, -0.05) is 0 Å². The van der Waals surface area contributed by atoms with Crippen molar-refractivity contribution < 1.29 is 4.74 Å². The van der Waals surface area contributed by atoms with Crippen molar-refractivity contribution in [3.8, 4) is 0 Å². The molecule has 1 unspecified atom stereocenters. The first-order valence-corrected chi connectivity index (χ1v) is 5.75. The number of hydrogen-bond acceptors (Lipinski definition) is 3. The zero-order valence-corrected chi connectivity index (χ0v) is 10.7. The number of rotatable bonds is 2. The van der Waals surface area contributed by atoms with E-state index in [0.29, 0.717) is 6.04 Å². The van der Waals surface area contributed by atoms with Crippen LogP contribution >= 0.6 is 0 Å². The average molecular weight is 223 g/mol. The predicted molar refractivity (Wildman–Crippen MR) is 64.5 cm³/mol. The van der Waals surface area contributed by atoms with Crippen molar-refractivity contribution >= 4 is 5.82 Å². The van der Waals surface area contributed by atoms with E-state index in [1.165, 1.54) is 0 Å². The molecule has 0 aliphatic carbocycles. The first kappa shape index (κ1) is 11.5. The van der Waals surface area contributed by atoms with Gasteiger partial charge < -0.3 is 10.1 Å². The maximum absolute atomic E-state index is 6.03. The number of anilines is 1. The third-order valence-electron chi connectivity index (χ3n) is 3.11. The molecule has 0 amide bonds. The minimum atomic E-state index is -0.152. The zero-order chi connectivity index (χ0) is 12.0. The van der Waals surface area contributed by atoms with Gasteiger partial charge in [0.25, 0.3) is 0 Å². The third-order valence-corrected chi connectivity index (χ3v) is 3.11. The van der Waals surface area contributed by atoms with E-state index in [0.717, 1.165) is 12.2 Å². The summed E-state index contributed by atoms with van der Waals surface area (Å²) in [4.78, 5) is 0. The summed E-state index contributed by atoms with van der Waals surface area (Å²) >= 11 is 0. The summed E-state index contributed by atoms with van der Waals surface area (Å²) in [6.45, 7) is 8.52. The van der Waals surface area contributed by atoms with E-state index in [1.807, 2.05) is 19.3 Å². The Morgan fingerprint density at radius 3 is 2.56 bits per heavy atom. The number of hydrogen-bond donors (Lipinski definition) is 1. The lowest BCUT2D eigenvalue weighted by molar-refractivity contribution is -0.0662. The second kappa shape index (κ2) is 3.48. The molecule has 16 heavy (non-hydrogen) atoms. The van der Waals surface area contributed by atoms with Crippen molar-refractivity contribution in [2.24, 2.45) is 7.05 Å². The Labute approximate surface area is 97.0 Å². The lowest BCUT2D eigenvalue weighted by Crippen LogP contribution is -2.38. The van der Waals surface area contributed by atoms with Crippen LogP contribution in [0.3, 0.4) is 0 Å². The van der Waals surface area contributed by atoms with Gasteiger partial charge >= 0.3 is 0 Å². The highest BCUT2D eigenvalue weighted by atomic mass is 16.5. The molecule has 90 valence electrons. The SMILES string of the molecule is Cn1ccc(NC2CC(C)(C)OC2(C)C)n1. The van der Waals surface area contributed by atoms with Crippen LogP contribution in [0.2, 0.25) is 0 Å². The topological polar surface area (TPSA) is 39.1 Å². The molecule has 4 nitrogen and oxygen atoms in total. The summed E-state index contributed by atoms with van der Waals surface area (Å²) in [6, 6.07) is 2.29. The summed E-state index contributed by atoms with van der Waals surface area (Å²) in [6.07, 6.45) is 2.94. The van der Waals surface area contributed by atoms with E-state index < -0.39 is 0 Å². The van der Waals surface area contributed by atoms with E-state index >= 15 is 0 Å². The Balaban J connectivity index is 2.10. The highest BCUT2D eigenvalue weighted by Crippen LogP contribution is 2.38. The van der Waals surface area contributed by atoms with Crippen LogP contribution in [-0.2, 0) is 11.8 Å². The second-order valence-electron chi connectivity index (χ2n) is 5.74. The van der Waals surface area contributed by atoms with Crippen LogP contribution in [0.5, 0.6) is 0 Å². The molecule has 1 saturated heterocycles. The molecule has 1 N–H and O–H groups in total. The monoisotopic (exact) mass is 223 g/mol. The lowest BCUT2D eigenvalue weighted by atomic mass is 9.94. The standard InChI is InChI=1S/C12H21N3O/c1-11(2)8-9(12(3,4)16-11)13-10-6-7-15(5)14-10/h6-7,9H,8H2,1-5H3,(H,13,14). The fraction of sp³-hybridized carbons (Fsp3) is 0.750. The number of ether oxygens (including phenoxy) is 1. The lowest BCUT2D eigenvalue weighted by Gasteiger charge is -2.27. The molecule has 1 aliphatic rings. The fourth-order valence-corrected chi connectivity index (χ4v) is 2.46. The zero-order valence-electron chi connectivity index (χ0n) is 10.7. The van der Waals surface area contributed by atoms with E-state index in [9.17, 15) is 0 Å². The Morgan fingerprint density at radius 1 is 1.44 bits per heavy atom. The van der Waals surface area contributed by atoms with Crippen molar-refractivity contribution in [2.45, 2.75) is 51.4 Å². The largest absolute Gasteiger partial charge is 0.367 e. The van der Waals surface area contributed by atoms with E-state index in [2.05, 4.69) is 38.1 Å². The number of nitrogens with one attached hydrogen (secondary N) is 1. The Bertz CT molecular complexity index is 381. The molecule has 0 saturated carbocycles. The van der Waals surface area contributed by atoms with Gasteiger partial charge in [-0.3, -0.25) is 4.68 Å². The third kappa shape index (κ3) is 2.21. The van der Waals surface area contributed by atoms with Crippen LogP contribution in [0, 0.1) is 0 Å². The first-order valence-electron chi connectivity index (χ1n) is 5.75. The molecule has 0 radical (unpaired) electrons. The normalized spacial score (nSPS) is 26.9. The maximum Gasteiger partial charge on any atom is 0.148 e. The van der Waals surface area contributed by atoms with Crippen LogP contribution in [0.15, 0.2) is 12.3 Å². The summed E-state index contributed by atoms with van der Waals surface area (Å²) in [5.74, 6) is 0.918. The van der Waals surface area contributed by atoms with Gasteiger partial charge in [-0.05, 0) is 34.1 Å². The van der Waals surface area contributed by atoms with E-state index in [1.54, 1.807) is 4.68 Å². The minimum Gasteiger partial charge on any atom is -0.367 e. The molecule has 4 heteroatoms. The van der Waals surface area contributed by atoms with Crippen LogP contribution in [0.4, 0.5) is 5.82 Å². The Kier molecular flexibility index (Phi) is 2.49. The van der Waals surface area contributed by atoms with Gasteiger partial charge in [-0.2, -0.15) is 5.10 Å². The summed E-state index contributed by atoms with van der Waals surface area (Å²) in [5, 5.41) is 7.79. The number of aryl methyl sites for hydroxylation is 1. The minimum absolute atomic E-state index is 0.0596. The van der Waals surface area contributed by atoms with Gasteiger partial charge in [0, 0.05) is 19.3 Å². The van der Waals surface area contributed by atoms with Crippen molar-refractivity contribution in [3.63, 3.8) is 0 Å². The van der Waals surface area contributed by atoms with Crippen molar-refractivity contribution in [2.75, 3.05) is 5.32 Å². The fourth-order valence-electron chi connectivity index (χ4n) is 2.46. The van der Waals surface area contributed by atoms with Gasteiger partial charge in [-0.25, -0.2) is 0 Å². The molecule has 2 rings (SSSR count). The van der Waals surface area contributed by atoms with Gasteiger partial charge in [0.2, 0.25) is 0 Å². The number of aromatic nitrogens is 2. The molecule has 1 aliphatic heterocycles. The van der Waals surface area contributed by atoms with Crippen molar-refractivity contribution in [1.29, 1.82) is 0 Å². The quantitative estimate of drug-likeness (QED) is 0.835. The summed E-state index contributed by atoms with van der Waals surface area (Å²) in [5.41, 5.74) is -0.211. The highest BCUT2D eigenvalue weighted by Gasteiger charge is 2.45. The van der Waals surface area contributed by atoms with Crippen LogP contribution in [0.1, 0.15) is 34.1 Å². The molecular weight excluding hydrogens is 202 g/mol. The van der Waals surface area contributed by atoms with Crippen LogP contribution < -0.4 is 5.32 Å². The van der Waals surface area contributed by atoms with Crippen molar-refractivity contribution in [3.05, 3.63) is 12.3 Å². The first-order chi connectivity index (χ1) is 7.28. The second-order valence-corrected chi connectivity index (χ2v) is 5.74. The number of nitrogens with zero attached hydrogens (tertiary/aromatic N) is 2. The van der Waals surface area contributed by atoms with Crippen LogP contribution in [0.25, 0.3) is 0 Å². The molecule has 2 heterocycles. The molecule has 1 aromatic rings. The molecule has 1 atom stereocenters. The Hall–Kier alpha value is -1.03. The molecule has 1 aromatic heterocycles. The van der Waals surface area contributed by atoms with Crippen LogP contribution in [-0.4, -0.2) is 27.0 Å². The molecule has 0 bridgehead atoms.